The summed E-state index contributed by atoms with van der Waals surface area (Å²) >= 11 is 4.48. The molecule has 0 saturated heterocycles. The summed E-state index contributed by atoms with van der Waals surface area (Å²) in [5, 5.41) is -1.83. The third-order valence-electron chi connectivity index (χ3n) is 5.00. The minimum absolute atomic E-state index is 1.22. The van der Waals surface area contributed by atoms with E-state index in [4.69, 9.17) is 0 Å². The predicted octanol–water partition coefficient (Wildman–Crippen LogP) is 8.09. The van der Waals surface area contributed by atoms with E-state index < -0.39 is 5.31 Å². The molecule has 0 fully saturated rings. The van der Waals surface area contributed by atoms with Crippen LogP contribution in [0, 0.1) is 0 Å². The molecule has 0 amide bonds. The molecule has 2 heteroatoms. The monoisotopic (exact) mass is 398 g/mol. The molecule has 0 saturated carbocycles. The Hall–Kier alpha value is -0.130. The zero-order valence-electron chi connectivity index (χ0n) is 15.5. The molecular weight excluding hydrogens is 363 g/mol. The first-order valence-corrected chi connectivity index (χ1v) is 14.4. The van der Waals surface area contributed by atoms with Gasteiger partial charge in [-0.05, 0) is 0 Å². The summed E-state index contributed by atoms with van der Waals surface area (Å²) in [6, 6.07) is 9.08. The topological polar surface area (TPSA) is 0 Å². The van der Waals surface area contributed by atoms with Crippen molar-refractivity contribution in [3.8, 4) is 0 Å². The quantitative estimate of drug-likeness (QED) is 0.312. The molecule has 0 N–H and O–H groups in total. The van der Waals surface area contributed by atoms with Crippen molar-refractivity contribution in [3.05, 3.63) is 42.0 Å². The van der Waals surface area contributed by atoms with Crippen molar-refractivity contribution in [2.75, 3.05) is 18.5 Å². The maximum atomic E-state index is 4.48. The second-order valence-corrected chi connectivity index (χ2v) is 18.5. The fourth-order valence-electron chi connectivity index (χ4n) is 3.45. The van der Waals surface area contributed by atoms with Gasteiger partial charge in [-0.3, -0.25) is 0 Å². The summed E-state index contributed by atoms with van der Waals surface area (Å²) < 4.78 is 0. The Morgan fingerprint density at radius 1 is 0.870 bits per heavy atom. The molecule has 0 aliphatic rings. The molecule has 0 atom stereocenters. The molecule has 23 heavy (non-hydrogen) atoms. The van der Waals surface area contributed by atoms with Crippen molar-refractivity contribution in [2.45, 2.75) is 65.5 Å². The van der Waals surface area contributed by atoms with E-state index in [1.54, 1.807) is 0 Å². The first-order chi connectivity index (χ1) is 11.0. The van der Waals surface area contributed by atoms with Gasteiger partial charge in [0.25, 0.3) is 0 Å². The van der Waals surface area contributed by atoms with Crippen LogP contribution in [0.4, 0.5) is 0 Å². The number of halogens is 1. The van der Waals surface area contributed by atoms with Gasteiger partial charge in [0, 0.05) is 0 Å². The third kappa shape index (κ3) is 6.71. The molecule has 0 aliphatic heterocycles. The van der Waals surface area contributed by atoms with Crippen LogP contribution in [-0.4, -0.2) is 18.5 Å². The van der Waals surface area contributed by atoms with Gasteiger partial charge in [-0.2, -0.15) is 0 Å². The molecular formula is C21H36BrP. The molecule has 132 valence electrons. The van der Waals surface area contributed by atoms with Crippen LogP contribution in [0.25, 0.3) is 6.08 Å². The van der Waals surface area contributed by atoms with Crippen LogP contribution < -0.4 is 0 Å². The van der Waals surface area contributed by atoms with Gasteiger partial charge in [0.15, 0.2) is 0 Å². The van der Waals surface area contributed by atoms with Crippen LogP contribution in [0.3, 0.4) is 0 Å². The fraction of sp³-hybridized carbons (Fsp3) is 0.619. The van der Waals surface area contributed by atoms with Crippen molar-refractivity contribution in [1.82, 2.24) is 0 Å². The van der Waals surface area contributed by atoms with E-state index in [1.165, 1.54) is 74.3 Å². The van der Waals surface area contributed by atoms with Crippen LogP contribution in [0.5, 0.6) is 0 Å². The molecule has 0 aliphatic carbocycles. The standard InChI is InChI=1S/C21H36BrP/c1-5-9-16-23(22,17-10-6-2,18-11-7-3)19-21-14-12-20(8-4)13-15-21/h8,12-15H,4-7,9-11,16-19H2,1-3H3. The van der Waals surface area contributed by atoms with Gasteiger partial charge in [0.2, 0.25) is 0 Å². The van der Waals surface area contributed by atoms with Gasteiger partial charge in [-0.25, -0.2) is 0 Å². The van der Waals surface area contributed by atoms with Crippen molar-refractivity contribution in [3.63, 3.8) is 0 Å². The summed E-state index contributed by atoms with van der Waals surface area (Å²) in [6.07, 6.45) is 15.4. The van der Waals surface area contributed by atoms with E-state index in [0.717, 1.165) is 0 Å². The van der Waals surface area contributed by atoms with Crippen LogP contribution in [0.2, 0.25) is 0 Å². The molecule has 0 bridgehead atoms. The number of rotatable bonds is 12. The Kier molecular flexibility index (Phi) is 9.09. The molecule has 0 nitrogen and oxygen atoms in total. The van der Waals surface area contributed by atoms with E-state index in [1.807, 2.05) is 6.08 Å². The molecule has 0 aromatic heterocycles. The van der Waals surface area contributed by atoms with Gasteiger partial charge < -0.3 is 0 Å². The number of benzene rings is 1. The second kappa shape index (κ2) is 10.00. The maximum absolute atomic E-state index is 4.48. The fourth-order valence-corrected chi connectivity index (χ4v) is 12.2. The van der Waals surface area contributed by atoms with E-state index in [0.29, 0.717) is 0 Å². The Morgan fingerprint density at radius 2 is 1.30 bits per heavy atom. The SMILES string of the molecule is C=Cc1ccc(CP(Br)(CCCC)(CCCC)CCCC)cc1. The van der Waals surface area contributed by atoms with Crippen molar-refractivity contribution < 1.29 is 0 Å². The molecule has 1 aromatic carbocycles. The normalized spacial score (nSPS) is 13.5. The van der Waals surface area contributed by atoms with Crippen LogP contribution in [0.1, 0.15) is 70.4 Å². The van der Waals surface area contributed by atoms with Gasteiger partial charge in [0.1, 0.15) is 0 Å². The van der Waals surface area contributed by atoms with Crippen LogP contribution in [-0.2, 0) is 6.16 Å². The average molecular weight is 399 g/mol. The summed E-state index contributed by atoms with van der Waals surface area (Å²) in [7, 11) is 0. The molecule has 0 spiro atoms. The first kappa shape index (κ1) is 20.9. The predicted molar refractivity (Wildman–Crippen MR) is 115 cm³/mol. The summed E-state index contributed by atoms with van der Waals surface area (Å²) in [5.41, 5.74) is 2.73. The number of hydrogen-bond donors (Lipinski definition) is 0. The molecule has 1 aromatic rings. The van der Waals surface area contributed by atoms with E-state index in [2.05, 4.69) is 67.1 Å². The van der Waals surface area contributed by atoms with Gasteiger partial charge in [-0.15, -0.1) is 0 Å². The zero-order valence-corrected chi connectivity index (χ0v) is 18.0. The van der Waals surface area contributed by atoms with E-state index in [9.17, 15) is 0 Å². The van der Waals surface area contributed by atoms with Crippen LogP contribution in [0.15, 0.2) is 30.8 Å². The third-order valence-corrected chi connectivity index (χ3v) is 14.4. The van der Waals surface area contributed by atoms with Gasteiger partial charge >= 0.3 is 153 Å². The Labute approximate surface area is 152 Å². The van der Waals surface area contributed by atoms with Crippen molar-refractivity contribution in [1.29, 1.82) is 0 Å². The number of unbranched alkanes of at least 4 members (excludes halogenated alkanes) is 3. The van der Waals surface area contributed by atoms with E-state index >= 15 is 0 Å². The van der Waals surface area contributed by atoms with Crippen LogP contribution >= 0.6 is 20.8 Å². The summed E-state index contributed by atoms with van der Waals surface area (Å²) in [5.74, 6) is 0. The zero-order chi connectivity index (χ0) is 17.2. The average Bonchev–Trinajstić information content (AvgIpc) is 2.58. The van der Waals surface area contributed by atoms with Crippen molar-refractivity contribution >= 4 is 26.9 Å². The molecule has 0 heterocycles. The summed E-state index contributed by atoms with van der Waals surface area (Å²) in [6.45, 7) is 10.8. The Morgan fingerprint density at radius 3 is 1.65 bits per heavy atom. The number of hydrogen-bond acceptors (Lipinski definition) is 0. The second-order valence-electron chi connectivity index (χ2n) is 7.16. The Bertz CT molecular complexity index is 439. The summed E-state index contributed by atoms with van der Waals surface area (Å²) in [4.78, 5) is 0. The molecule has 0 radical (unpaired) electrons. The van der Waals surface area contributed by atoms with Gasteiger partial charge in [0.05, 0.1) is 0 Å². The first-order valence-electron chi connectivity index (χ1n) is 9.43. The minimum atomic E-state index is -1.83. The van der Waals surface area contributed by atoms with Crippen molar-refractivity contribution in [2.24, 2.45) is 0 Å². The van der Waals surface area contributed by atoms with E-state index in [-0.39, 0.29) is 0 Å². The molecule has 0 unspecified atom stereocenters. The van der Waals surface area contributed by atoms with Gasteiger partial charge in [-0.1, -0.05) is 0 Å². The molecule has 1 rings (SSSR count). The Balaban J connectivity index is 3.07.